The lowest BCUT2D eigenvalue weighted by Gasteiger charge is -2.19. The van der Waals surface area contributed by atoms with Crippen LogP contribution in [0, 0.1) is 0 Å². The first-order chi connectivity index (χ1) is 14.4. The Morgan fingerprint density at radius 1 is 0.500 bits per heavy atom. The highest BCUT2D eigenvalue weighted by atomic mass is 16.5. The number of phenols is 1. The molecule has 4 aromatic rings. The summed E-state index contributed by atoms with van der Waals surface area (Å²) in [4.78, 5) is 0. The molecule has 1 N–H and O–H groups in total. The molecule has 0 heterocycles. The van der Waals surface area contributed by atoms with Gasteiger partial charge >= 0.3 is 0 Å². The number of benzene rings is 4. The van der Waals surface area contributed by atoms with E-state index < -0.39 is 0 Å². The molecule has 0 aromatic heterocycles. The van der Waals surface area contributed by atoms with Crippen molar-refractivity contribution in [3.63, 3.8) is 0 Å². The predicted octanol–water partition coefficient (Wildman–Crippen LogP) is 7.82. The number of hydrogen-bond acceptors (Lipinski definition) is 2. The van der Waals surface area contributed by atoms with Crippen molar-refractivity contribution in [1.82, 2.24) is 0 Å². The largest absolute Gasteiger partial charge is 0.508 e. The Balaban J connectivity index is 1.45. The van der Waals surface area contributed by atoms with Crippen molar-refractivity contribution in [2.75, 3.05) is 0 Å². The lowest BCUT2D eigenvalue weighted by atomic mass is 9.86. The van der Waals surface area contributed by atoms with Gasteiger partial charge in [0.15, 0.2) is 0 Å². The number of hydrogen-bond donors (Lipinski definition) is 1. The fourth-order valence-corrected chi connectivity index (χ4v) is 3.38. The molecule has 0 saturated carbocycles. The number of phenolic OH excluding ortho intramolecular Hbond substituents is 1. The van der Waals surface area contributed by atoms with E-state index in [1.807, 2.05) is 48.5 Å². The fourth-order valence-electron chi connectivity index (χ4n) is 3.38. The molecular weight excluding hydrogens is 368 g/mol. The smallest absolute Gasteiger partial charge is 0.127 e. The summed E-state index contributed by atoms with van der Waals surface area (Å²) in [5, 5.41) is 9.43. The third-order valence-electron chi connectivity index (χ3n) is 5.23. The van der Waals surface area contributed by atoms with Gasteiger partial charge in [-0.15, -0.1) is 0 Å². The summed E-state index contributed by atoms with van der Waals surface area (Å²) < 4.78 is 6.00. The lowest BCUT2D eigenvalue weighted by Crippen LogP contribution is -2.10. The molecule has 30 heavy (non-hydrogen) atoms. The molecule has 0 unspecified atom stereocenters. The Bertz CT molecular complexity index is 1100. The van der Waals surface area contributed by atoms with Crippen LogP contribution in [0.1, 0.15) is 26.3 Å². The SMILES string of the molecule is CC(C)(C)c1ccc(-c2ccc(Oc3ccc(-c4ccc(O)cc4)cc3)cc2)cc1. The Morgan fingerprint density at radius 3 is 1.20 bits per heavy atom. The highest BCUT2D eigenvalue weighted by molar-refractivity contribution is 5.66. The van der Waals surface area contributed by atoms with Crippen molar-refractivity contribution in [3.8, 4) is 39.5 Å². The molecule has 2 heteroatoms. The van der Waals surface area contributed by atoms with Crippen LogP contribution in [0.4, 0.5) is 0 Å². The van der Waals surface area contributed by atoms with Crippen molar-refractivity contribution in [2.24, 2.45) is 0 Å². The van der Waals surface area contributed by atoms with Crippen LogP contribution >= 0.6 is 0 Å². The quantitative estimate of drug-likeness (QED) is 0.382. The molecule has 4 rings (SSSR count). The van der Waals surface area contributed by atoms with E-state index in [0.29, 0.717) is 0 Å². The highest BCUT2D eigenvalue weighted by Crippen LogP contribution is 2.30. The van der Waals surface area contributed by atoms with Gasteiger partial charge in [-0.3, -0.25) is 0 Å². The van der Waals surface area contributed by atoms with Crippen molar-refractivity contribution >= 4 is 0 Å². The second kappa shape index (κ2) is 8.08. The van der Waals surface area contributed by atoms with Crippen molar-refractivity contribution in [3.05, 3.63) is 103 Å². The van der Waals surface area contributed by atoms with E-state index in [9.17, 15) is 5.11 Å². The van der Waals surface area contributed by atoms with E-state index in [1.54, 1.807) is 12.1 Å². The molecule has 0 aliphatic heterocycles. The minimum Gasteiger partial charge on any atom is -0.508 e. The van der Waals surface area contributed by atoms with Gasteiger partial charge in [0, 0.05) is 0 Å². The van der Waals surface area contributed by atoms with E-state index in [2.05, 4.69) is 57.2 Å². The Morgan fingerprint density at radius 2 is 0.833 bits per heavy atom. The maximum atomic E-state index is 9.43. The molecule has 0 fully saturated rings. The average molecular weight is 395 g/mol. The van der Waals surface area contributed by atoms with Gasteiger partial charge in [0.1, 0.15) is 17.2 Å². The van der Waals surface area contributed by atoms with Gasteiger partial charge in [-0.05, 0) is 69.6 Å². The van der Waals surface area contributed by atoms with Gasteiger partial charge < -0.3 is 9.84 Å². The van der Waals surface area contributed by atoms with Crippen LogP contribution in [0.15, 0.2) is 97.1 Å². The summed E-state index contributed by atoms with van der Waals surface area (Å²) in [6.07, 6.45) is 0. The fraction of sp³-hybridized carbons (Fsp3) is 0.143. The molecular formula is C28H26O2. The number of ether oxygens (including phenoxy) is 1. The minimum absolute atomic E-state index is 0.161. The lowest BCUT2D eigenvalue weighted by molar-refractivity contribution is 0.475. The predicted molar refractivity (Wildman–Crippen MR) is 124 cm³/mol. The van der Waals surface area contributed by atoms with Crippen LogP contribution in [-0.2, 0) is 5.41 Å². The van der Waals surface area contributed by atoms with Crippen molar-refractivity contribution < 1.29 is 9.84 Å². The zero-order chi connectivity index (χ0) is 21.1. The number of rotatable bonds is 4. The molecule has 150 valence electrons. The summed E-state index contributed by atoms with van der Waals surface area (Å²) >= 11 is 0. The molecule has 0 aliphatic carbocycles. The van der Waals surface area contributed by atoms with Crippen LogP contribution in [-0.4, -0.2) is 5.11 Å². The monoisotopic (exact) mass is 394 g/mol. The molecule has 0 atom stereocenters. The maximum absolute atomic E-state index is 9.43. The van der Waals surface area contributed by atoms with E-state index in [-0.39, 0.29) is 11.2 Å². The Labute approximate surface area is 178 Å². The molecule has 0 spiro atoms. The van der Waals surface area contributed by atoms with Crippen LogP contribution < -0.4 is 4.74 Å². The van der Waals surface area contributed by atoms with Gasteiger partial charge in [-0.25, -0.2) is 0 Å². The molecule has 0 saturated heterocycles. The topological polar surface area (TPSA) is 29.5 Å². The van der Waals surface area contributed by atoms with E-state index >= 15 is 0 Å². The molecule has 2 nitrogen and oxygen atoms in total. The zero-order valence-corrected chi connectivity index (χ0v) is 17.6. The van der Waals surface area contributed by atoms with E-state index in [0.717, 1.165) is 22.6 Å². The van der Waals surface area contributed by atoms with Gasteiger partial charge in [0.05, 0.1) is 0 Å². The summed E-state index contributed by atoms with van der Waals surface area (Å²) in [7, 11) is 0. The van der Waals surface area contributed by atoms with Crippen LogP contribution in [0.3, 0.4) is 0 Å². The molecule has 4 aromatic carbocycles. The van der Waals surface area contributed by atoms with Gasteiger partial charge in [-0.1, -0.05) is 81.4 Å². The summed E-state index contributed by atoms with van der Waals surface area (Å²) in [6.45, 7) is 6.68. The molecule has 0 aliphatic rings. The maximum Gasteiger partial charge on any atom is 0.127 e. The van der Waals surface area contributed by atoms with Gasteiger partial charge in [-0.2, -0.15) is 0 Å². The van der Waals surface area contributed by atoms with Gasteiger partial charge in [0.25, 0.3) is 0 Å². The molecule has 0 bridgehead atoms. The summed E-state index contributed by atoms with van der Waals surface area (Å²) in [6, 6.07) is 32.1. The van der Waals surface area contributed by atoms with Crippen molar-refractivity contribution in [2.45, 2.75) is 26.2 Å². The van der Waals surface area contributed by atoms with Crippen molar-refractivity contribution in [1.29, 1.82) is 0 Å². The van der Waals surface area contributed by atoms with Crippen LogP contribution in [0.5, 0.6) is 17.2 Å². The molecule has 0 amide bonds. The van der Waals surface area contributed by atoms with E-state index in [1.165, 1.54) is 16.7 Å². The first-order valence-electron chi connectivity index (χ1n) is 10.2. The van der Waals surface area contributed by atoms with Crippen LogP contribution in [0.2, 0.25) is 0 Å². The second-order valence-electron chi connectivity index (χ2n) is 8.53. The van der Waals surface area contributed by atoms with Gasteiger partial charge in [0.2, 0.25) is 0 Å². The minimum atomic E-state index is 0.161. The third-order valence-corrected chi connectivity index (χ3v) is 5.23. The third kappa shape index (κ3) is 4.55. The Hall–Kier alpha value is -3.52. The molecule has 0 radical (unpaired) electrons. The standard InChI is InChI=1S/C28H26O2/c1-28(2,3)24-12-4-20(5-13-24)22-8-16-26(17-9-22)30-27-18-10-23(11-19-27)21-6-14-25(29)15-7-21/h4-19,29H,1-3H3. The summed E-state index contributed by atoms with van der Waals surface area (Å²) in [5.41, 5.74) is 6.01. The number of aromatic hydroxyl groups is 1. The average Bonchev–Trinajstić information content (AvgIpc) is 2.75. The highest BCUT2D eigenvalue weighted by Gasteiger charge is 2.13. The van der Waals surface area contributed by atoms with Crippen LogP contribution in [0.25, 0.3) is 22.3 Å². The zero-order valence-electron chi connectivity index (χ0n) is 17.6. The second-order valence-corrected chi connectivity index (χ2v) is 8.53. The van der Waals surface area contributed by atoms with E-state index in [4.69, 9.17) is 4.74 Å². The first kappa shape index (κ1) is 19.8. The normalized spacial score (nSPS) is 11.3. The first-order valence-corrected chi connectivity index (χ1v) is 10.2. The Kier molecular flexibility index (Phi) is 5.33. The summed E-state index contributed by atoms with van der Waals surface area (Å²) in [5.74, 6) is 1.87.